The van der Waals surface area contributed by atoms with Gasteiger partial charge in [-0.25, -0.2) is 0 Å². The number of rotatable bonds is 5. The second-order valence-electron chi connectivity index (χ2n) is 4.49. The molecule has 1 aromatic rings. The summed E-state index contributed by atoms with van der Waals surface area (Å²) < 4.78 is 0.716. The first-order valence-electron chi connectivity index (χ1n) is 5.65. The third-order valence-corrected chi connectivity index (χ3v) is 3.96. The molecule has 1 rings (SSSR count). The van der Waals surface area contributed by atoms with Crippen molar-refractivity contribution >= 4 is 27.7 Å². The number of phenolic OH excluding ortho intramolecular Hbond substituents is 1. The van der Waals surface area contributed by atoms with E-state index in [0.717, 1.165) is 17.1 Å². The third kappa shape index (κ3) is 5.16. The summed E-state index contributed by atoms with van der Waals surface area (Å²) in [4.78, 5) is 1.12. The summed E-state index contributed by atoms with van der Waals surface area (Å²) in [5, 5.41) is 18.2. The van der Waals surface area contributed by atoms with Crippen LogP contribution in [0.2, 0.25) is 0 Å². The van der Waals surface area contributed by atoms with Crippen LogP contribution in [0.15, 0.2) is 39.7 Å². The van der Waals surface area contributed by atoms with E-state index in [4.69, 9.17) is 5.26 Å². The average molecular weight is 326 g/mol. The molecule has 1 aromatic carbocycles. The molecular weight excluding hydrogens is 310 g/mol. The van der Waals surface area contributed by atoms with Gasteiger partial charge in [-0.05, 0) is 54.4 Å². The van der Waals surface area contributed by atoms with Gasteiger partial charge in [0.05, 0.1) is 16.0 Å². The lowest BCUT2D eigenvalue weighted by atomic mass is 9.95. The van der Waals surface area contributed by atoms with Gasteiger partial charge in [0.2, 0.25) is 0 Å². The number of thioether (sulfide) groups is 1. The third-order valence-electron chi connectivity index (χ3n) is 2.30. The number of hydrogen-bond acceptors (Lipinski definition) is 3. The van der Waals surface area contributed by atoms with Crippen LogP contribution in [0.5, 0.6) is 5.75 Å². The van der Waals surface area contributed by atoms with Crippen molar-refractivity contribution in [3.8, 4) is 11.8 Å². The van der Waals surface area contributed by atoms with Crippen molar-refractivity contribution in [2.24, 2.45) is 5.41 Å². The van der Waals surface area contributed by atoms with Crippen molar-refractivity contribution in [3.63, 3.8) is 0 Å². The van der Waals surface area contributed by atoms with E-state index in [1.165, 1.54) is 0 Å². The van der Waals surface area contributed by atoms with Crippen LogP contribution in [0.25, 0.3) is 0 Å². The standard InChI is InChI=1S/C14H16BrNOS/c1-14(2,10-16)7-3-4-8-18-11-5-6-13(17)12(15)9-11/h3,5-7,9,17H,4,8H2,1-2H3/b7-3+. The second kappa shape index (κ2) is 6.86. The zero-order valence-corrected chi connectivity index (χ0v) is 12.9. The molecule has 0 aliphatic rings. The molecular formula is C14H16BrNOS. The average Bonchev–Trinajstić information content (AvgIpc) is 2.33. The SMILES string of the molecule is CC(C)(C#N)/C=C/CCSc1ccc(O)c(Br)c1. The van der Waals surface area contributed by atoms with Crippen LogP contribution in [0.4, 0.5) is 0 Å². The van der Waals surface area contributed by atoms with Crippen molar-refractivity contribution in [1.29, 1.82) is 5.26 Å². The van der Waals surface area contributed by atoms with Gasteiger partial charge < -0.3 is 5.11 Å². The highest BCUT2D eigenvalue weighted by atomic mass is 79.9. The second-order valence-corrected chi connectivity index (χ2v) is 6.51. The summed E-state index contributed by atoms with van der Waals surface area (Å²) in [6.45, 7) is 3.79. The fraction of sp³-hybridized carbons (Fsp3) is 0.357. The van der Waals surface area contributed by atoms with E-state index >= 15 is 0 Å². The summed E-state index contributed by atoms with van der Waals surface area (Å²) in [5.41, 5.74) is -0.383. The van der Waals surface area contributed by atoms with E-state index in [-0.39, 0.29) is 11.2 Å². The van der Waals surface area contributed by atoms with Crippen LogP contribution < -0.4 is 0 Å². The van der Waals surface area contributed by atoms with Crippen LogP contribution in [0, 0.1) is 16.7 Å². The van der Waals surface area contributed by atoms with Crippen LogP contribution in [0.1, 0.15) is 20.3 Å². The number of aromatic hydroxyl groups is 1. The number of nitriles is 1. The first-order chi connectivity index (χ1) is 8.44. The predicted molar refractivity (Wildman–Crippen MR) is 79.7 cm³/mol. The minimum Gasteiger partial charge on any atom is -0.507 e. The number of phenols is 1. The quantitative estimate of drug-likeness (QED) is 0.483. The Labute approximate surface area is 121 Å². The molecule has 0 aliphatic carbocycles. The fourth-order valence-electron chi connectivity index (χ4n) is 1.24. The molecule has 0 aromatic heterocycles. The Morgan fingerprint density at radius 2 is 2.22 bits per heavy atom. The molecule has 0 fully saturated rings. The Bertz CT molecular complexity index is 477. The molecule has 0 atom stereocenters. The lowest BCUT2D eigenvalue weighted by Crippen LogP contribution is -2.01. The van der Waals surface area contributed by atoms with Gasteiger partial charge in [0.1, 0.15) is 5.75 Å². The van der Waals surface area contributed by atoms with E-state index in [2.05, 4.69) is 22.0 Å². The van der Waals surface area contributed by atoms with Gasteiger partial charge in [-0.2, -0.15) is 5.26 Å². The first-order valence-corrected chi connectivity index (χ1v) is 7.43. The maximum atomic E-state index is 9.37. The summed E-state index contributed by atoms with van der Waals surface area (Å²) in [5.74, 6) is 1.21. The Hall–Kier alpha value is -0.920. The van der Waals surface area contributed by atoms with Gasteiger partial charge in [-0.3, -0.25) is 0 Å². The van der Waals surface area contributed by atoms with Crippen molar-refractivity contribution in [2.45, 2.75) is 25.2 Å². The lowest BCUT2D eigenvalue weighted by Gasteiger charge is -2.07. The van der Waals surface area contributed by atoms with Crippen LogP contribution in [-0.4, -0.2) is 10.9 Å². The maximum absolute atomic E-state index is 9.37. The molecule has 18 heavy (non-hydrogen) atoms. The topological polar surface area (TPSA) is 44.0 Å². The van der Waals surface area contributed by atoms with Crippen LogP contribution in [0.3, 0.4) is 0 Å². The number of hydrogen-bond donors (Lipinski definition) is 1. The van der Waals surface area contributed by atoms with E-state index in [0.29, 0.717) is 4.47 Å². The molecule has 0 heterocycles. The van der Waals surface area contributed by atoms with Crippen molar-refractivity contribution < 1.29 is 5.11 Å². The van der Waals surface area contributed by atoms with Crippen LogP contribution >= 0.6 is 27.7 Å². The smallest absolute Gasteiger partial charge is 0.129 e. The number of nitrogens with zero attached hydrogens (tertiary/aromatic N) is 1. The first kappa shape index (κ1) is 15.1. The minimum absolute atomic E-state index is 0.259. The molecule has 4 heteroatoms. The summed E-state index contributed by atoms with van der Waals surface area (Å²) >= 11 is 5.02. The molecule has 2 nitrogen and oxygen atoms in total. The molecule has 96 valence electrons. The van der Waals surface area contributed by atoms with Gasteiger partial charge in [0.15, 0.2) is 0 Å². The predicted octanol–water partition coefficient (Wildman–Crippen LogP) is 4.74. The largest absolute Gasteiger partial charge is 0.507 e. The summed E-state index contributed by atoms with van der Waals surface area (Å²) in [6, 6.07) is 7.72. The van der Waals surface area contributed by atoms with E-state index in [1.807, 2.05) is 38.1 Å². The highest BCUT2D eigenvalue weighted by Gasteiger charge is 2.10. The molecule has 0 unspecified atom stereocenters. The molecule has 0 radical (unpaired) electrons. The molecule has 0 saturated carbocycles. The summed E-state index contributed by atoms with van der Waals surface area (Å²) in [6.07, 6.45) is 4.92. The Kier molecular flexibility index (Phi) is 5.77. The zero-order chi connectivity index (χ0) is 13.6. The Morgan fingerprint density at radius 3 is 2.83 bits per heavy atom. The number of allylic oxidation sites excluding steroid dienone is 2. The minimum atomic E-state index is -0.383. The van der Waals surface area contributed by atoms with Crippen LogP contribution in [-0.2, 0) is 0 Å². The summed E-state index contributed by atoms with van der Waals surface area (Å²) in [7, 11) is 0. The Balaban J connectivity index is 2.39. The highest BCUT2D eigenvalue weighted by molar-refractivity contribution is 9.10. The number of halogens is 1. The monoisotopic (exact) mass is 325 g/mol. The maximum Gasteiger partial charge on any atom is 0.129 e. The highest BCUT2D eigenvalue weighted by Crippen LogP contribution is 2.29. The van der Waals surface area contributed by atoms with E-state index in [9.17, 15) is 5.11 Å². The van der Waals surface area contributed by atoms with Gasteiger partial charge >= 0.3 is 0 Å². The molecule has 0 aliphatic heterocycles. The van der Waals surface area contributed by atoms with E-state index in [1.54, 1.807) is 17.8 Å². The Morgan fingerprint density at radius 1 is 1.50 bits per heavy atom. The van der Waals surface area contributed by atoms with Crippen molar-refractivity contribution in [2.75, 3.05) is 5.75 Å². The van der Waals surface area contributed by atoms with Gasteiger partial charge in [-0.15, -0.1) is 11.8 Å². The van der Waals surface area contributed by atoms with Gasteiger partial charge in [-0.1, -0.05) is 12.2 Å². The van der Waals surface area contributed by atoms with Crippen molar-refractivity contribution in [3.05, 3.63) is 34.8 Å². The molecule has 0 bridgehead atoms. The molecule has 0 saturated heterocycles. The van der Waals surface area contributed by atoms with E-state index < -0.39 is 0 Å². The normalized spacial score (nSPS) is 11.7. The van der Waals surface area contributed by atoms with Crippen molar-refractivity contribution in [1.82, 2.24) is 0 Å². The van der Waals surface area contributed by atoms with Gasteiger partial charge in [0.25, 0.3) is 0 Å². The fourth-order valence-corrected chi connectivity index (χ4v) is 2.62. The van der Waals surface area contributed by atoms with Gasteiger partial charge in [0, 0.05) is 10.6 Å². The lowest BCUT2D eigenvalue weighted by molar-refractivity contribution is 0.471. The number of benzene rings is 1. The molecule has 1 N–H and O–H groups in total. The molecule has 0 amide bonds. The zero-order valence-electron chi connectivity index (χ0n) is 10.5. The molecule has 0 spiro atoms.